The van der Waals surface area contributed by atoms with Crippen LogP contribution in [0.4, 0.5) is 0 Å². The highest BCUT2D eigenvalue weighted by Crippen LogP contribution is 2.25. The number of likely N-dealkylation sites (N-methyl/N-ethyl adjacent to an activating group) is 1. The highest BCUT2D eigenvalue weighted by atomic mass is 15.1. The minimum atomic E-state index is 0.521. The molecule has 0 radical (unpaired) electrons. The van der Waals surface area contributed by atoms with Crippen molar-refractivity contribution in [2.45, 2.75) is 32.7 Å². The third-order valence-electron chi connectivity index (χ3n) is 3.61. The molecule has 0 N–H and O–H groups in total. The molecule has 1 aromatic rings. The summed E-state index contributed by atoms with van der Waals surface area (Å²) >= 11 is 0. The van der Waals surface area contributed by atoms with Gasteiger partial charge in [-0.2, -0.15) is 0 Å². The van der Waals surface area contributed by atoms with Gasteiger partial charge < -0.3 is 4.90 Å². The summed E-state index contributed by atoms with van der Waals surface area (Å²) in [6.45, 7) is 4.48. The first-order valence-electron chi connectivity index (χ1n) is 6.36. The maximum atomic E-state index is 2.33. The Balaban J connectivity index is 2.22. The lowest BCUT2D eigenvalue weighted by Crippen LogP contribution is -2.33. The van der Waals surface area contributed by atoms with Crippen LogP contribution in [0.5, 0.6) is 0 Å². The van der Waals surface area contributed by atoms with Gasteiger partial charge in [0, 0.05) is 7.05 Å². The average molecular weight is 227 g/mol. The van der Waals surface area contributed by atoms with Crippen molar-refractivity contribution >= 4 is 0 Å². The van der Waals surface area contributed by atoms with Crippen molar-refractivity contribution in [3.05, 3.63) is 59.3 Å². The lowest BCUT2D eigenvalue weighted by molar-refractivity contribution is 0.353. The molecule has 0 fully saturated rings. The summed E-state index contributed by atoms with van der Waals surface area (Å²) in [4.78, 5) is 2.33. The van der Waals surface area contributed by atoms with Crippen molar-refractivity contribution in [2.75, 3.05) is 7.05 Å². The predicted molar refractivity (Wildman–Crippen MR) is 73.8 cm³/mol. The molecule has 1 heterocycles. The van der Waals surface area contributed by atoms with Crippen LogP contribution < -0.4 is 0 Å². The zero-order valence-electron chi connectivity index (χ0n) is 11.0. The summed E-state index contributed by atoms with van der Waals surface area (Å²) in [5.41, 5.74) is 4.42. The van der Waals surface area contributed by atoms with Gasteiger partial charge in [0.15, 0.2) is 0 Å². The molecule has 0 amide bonds. The minimum Gasteiger partial charge on any atom is -0.373 e. The molecule has 0 spiro atoms. The van der Waals surface area contributed by atoms with Gasteiger partial charge in [-0.1, -0.05) is 37.3 Å². The SMILES string of the molecule is CCC1=C(C)C=CN(C)C1Cc1ccccc1. The number of allylic oxidation sites excluding steroid dienone is 2. The van der Waals surface area contributed by atoms with E-state index < -0.39 is 0 Å². The number of benzene rings is 1. The fourth-order valence-corrected chi connectivity index (χ4v) is 2.57. The Morgan fingerprint density at radius 1 is 1.18 bits per heavy atom. The molecule has 2 rings (SSSR count). The quantitative estimate of drug-likeness (QED) is 0.759. The molecule has 1 heteroatoms. The molecule has 0 saturated carbocycles. The van der Waals surface area contributed by atoms with Gasteiger partial charge in [-0.05, 0) is 48.8 Å². The standard InChI is InChI=1S/C16H21N/c1-4-15-13(2)10-11-17(3)16(15)12-14-8-6-5-7-9-14/h5-11,16H,4,12H2,1-3H3. The molecule has 1 nitrogen and oxygen atoms in total. The van der Waals surface area contributed by atoms with Crippen molar-refractivity contribution in [3.8, 4) is 0 Å². The molecule has 1 aromatic carbocycles. The van der Waals surface area contributed by atoms with Gasteiger partial charge in [0.2, 0.25) is 0 Å². The second kappa shape index (κ2) is 5.22. The van der Waals surface area contributed by atoms with E-state index in [9.17, 15) is 0 Å². The maximum Gasteiger partial charge on any atom is 0.0539 e. The first kappa shape index (κ1) is 12.0. The van der Waals surface area contributed by atoms with Crippen molar-refractivity contribution in [1.29, 1.82) is 0 Å². The van der Waals surface area contributed by atoms with E-state index in [1.807, 2.05) is 0 Å². The number of rotatable bonds is 3. The number of hydrogen-bond acceptors (Lipinski definition) is 1. The molecule has 17 heavy (non-hydrogen) atoms. The molecular formula is C16H21N. The Morgan fingerprint density at radius 2 is 1.88 bits per heavy atom. The fraction of sp³-hybridized carbons (Fsp3) is 0.375. The molecule has 0 aliphatic carbocycles. The summed E-state index contributed by atoms with van der Waals surface area (Å²) in [7, 11) is 2.17. The van der Waals surface area contributed by atoms with Crippen LogP contribution >= 0.6 is 0 Å². The smallest absolute Gasteiger partial charge is 0.0539 e. The van der Waals surface area contributed by atoms with Gasteiger partial charge in [-0.15, -0.1) is 0 Å². The van der Waals surface area contributed by atoms with Crippen LogP contribution in [0, 0.1) is 0 Å². The van der Waals surface area contributed by atoms with Crippen LogP contribution in [0.15, 0.2) is 53.8 Å². The first-order valence-corrected chi connectivity index (χ1v) is 6.36. The molecule has 1 aliphatic rings. The maximum absolute atomic E-state index is 2.33. The van der Waals surface area contributed by atoms with Crippen molar-refractivity contribution in [3.63, 3.8) is 0 Å². The van der Waals surface area contributed by atoms with Gasteiger partial charge >= 0.3 is 0 Å². The summed E-state index contributed by atoms with van der Waals surface area (Å²) in [6.07, 6.45) is 6.66. The van der Waals surface area contributed by atoms with E-state index in [-0.39, 0.29) is 0 Å². The second-order valence-electron chi connectivity index (χ2n) is 4.75. The molecule has 1 aliphatic heterocycles. The first-order chi connectivity index (χ1) is 8.22. The topological polar surface area (TPSA) is 3.24 Å². The van der Waals surface area contributed by atoms with Crippen LogP contribution in [0.2, 0.25) is 0 Å². The second-order valence-corrected chi connectivity index (χ2v) is 4.75. The highest BCUT2D eigenvalue weighted by Gasteiger charge is 2.20. The third-order valence-corrected chi connectivity index (χ3v) is 3.61. The van der Waals surface area contributed by atoms with Crippen LogP contribution in [0.25, 0.3) is 0 Å². The Kier molecular flexibility index (Phi) is 3.68. The van der Waals surface area contributed by atoms with Gasteiger partial charge in [-0.3, -0.25) is 0 Å². The lowest BCUT2D eigenvalue weighted by Gasteiger charge is -2.33. The fourth-order valence-electron chi connectivity index (χ4n) is 2.57. The van der Waals surface area contributed by atoms with Crippen LogP contribution in [-0.2, 0) is 6.42 Å². The van der Waals surface area contributed by atoms with Crippen molar-refractivity contribution in [1.82, 2.24) is 4.90 Å². The summed E-state index contributed by atoms with van der Waals surface area (Å²) in [5.74, 6) is 0. The summed E-state index contributed by atoms with van der Waals surface area (Å²) in [6, 6.07) is 11.3. The highest BCUT2D eigenvalue weighted by molar-refractivity contribution is 5.33. The molecule has 0 aromatic heterocycles. The lowest BCUT2D eigenvalue weighted by atomic mass is 9.90. The Bertz CT molecular complexity index is 428. The van der Waals surface area contributed by atoms with Gasteiger partial charge in [0.1, 0.15) is 0 Å². The Morgan fingerprint density at radius 3 is 2.53 bits per heavy atom. The van der Waals surface area contributed by atoms with Crippen LogP contribution in [0.3, 0.4) is 0 Å². The molecule has 0 bridgehead atoms. The summed E-state index contributed by atoms with van der Waals surface area (Å²) < 4.78 is 0. The number of nitrogens with zero attached hydrogens (tertiary/aromatic N) is 1. The van der Waals surface area contributed by atoms with E-state index in [2.05, 4.69) is 68.4 Å². The molecular weight excluding hydrogens is 206 g/mol. The Hall–Kier alpha value is -1.50. The van der Waals surface area contributed by atoms with E-state index in [0.29, 0.717) is 6.04 Å². The van der Waals surface area contributed by atoms with E-state index in [1.54, 1.807) is 5.57 Å². The number of hydrogen-bond donors (Lipinski definition) is 0. The Labute approximate surface area is 104 Å². The molecule has 0 saturated heterocycles. The van der Waals surface area contributed by atoms with Crippen molar-refractivity contribution < 1.29 is 0 Å². The van der Waals surface area contributed by atoms with Crippen LogP contribution in [-0.4, -0.2) is 18.0 Å². The molecule has 90 valence electrons. The zero-order chi connectivity index (χ0) is 12.3. The van der Waals surface area contributed by atoms with E-state index in [0.717, 1.165) is 12.8 Å². The molecule has 1 unspecified atom stereocenters. The van der Waals surface area contributed by atoms with Gasteiger partial charge in [0.05, 0.1) is 6.04 Å². The normalized spacial score (nSPS) is 19.9. The average Bonchev–Trinajstić information content (AvgIpc) is 2.35. The predicted octanol–water partition coefficient (Wildman–Crippen LogP) is 3.78. The monoisotopic (exact) mass is 227 g/mol. The van der Waals surface area contributed by atoms with E-state index in [1.165, 1.54) is 11.1 Å². The van der Waals surface area contributed by atoms with E-state index in [4.69, 9.17) is 0 Å². The zero-order valence-corrected chi connectivity index (χ0v) is 11.0. The van der Waals surface area contributed by atoms with E-state index >= 15 is 0 Å². The summed E-state index contributed by atoms with van der Waals surface area (Å²) in [5, 5.41) is 0. The third kappa shape index (κ3) is 2.60. The molecule has 1 atom stereocenters. The van der Waals surface area contributed by atoms with Gasteiger partial charge in [0.25, 0.3) is 0 Å². The van der Waals surface area contributed by atoms with Crippen molar-refractivity contribution in [2.24, 2.45) is 0 Å². The minimum absolute atomic E-state index is 0.521. The van der Waals surface area contributed by atoms with Gasteiger partial charge in [-0.25, -0.2) is 0 Å². The largest absolute Gasteiger partial charge is 0.373 e. The van der Waals surface area contributed by atoms with Crippen LogP contribution in [0.1, 0.15) is 25.8 Å².